The molecule has 0 amide bonds. The Balaban J connectivity index is 1.34. The van der Waals surface area contributed by atoms with Crippen LogP contribution in [-0.2, 0) is 6.54 Å². The molecule has 0 fully saturated rings. The Morgan fingerprint density at radius 1 is 0.710 bits per heavy atom. The van der Waals surface area contributed by atoms with Crippen LogP contribution >= 0.6 is 0 Å². The summed E-state index contributed by atoms with van der Waals surface area (Å²) in [5.74, 6) is 0.392. The van der Waals surface area contributed by atoms with E-state index in [2.05, 4.69) is 82.3 Å². The molecule has 0 spiro atoms. The van der Waals surface area contributed by atoms with Crippen molar-refractivity contribution in [2.75, 3.05) is 0 Å². The van der Waals surface area contributed by atoms with Crippen LogP contribution in [0, 0.1) is 0 Å². The second-order valence-corrected chi connectivity index (χ2v) is 8.11. The number of rotatable bonds is 10. The van der Waals surface area contributed by atoms with Gasteiger partial charge in [-0.25, -0.2) is 4.98 Å². The van der Waals surface area contributed by atoms with Crippen molar-refractivity contribution >= 4 is 0 Å². The molecule has 3 nitrogen and oxygen atoms in total. The van der Waals surface area contributed by atoms with Crippen molar-refractivity contribution in [1.29, 1.82) is 0 Å². The third-order valence-corrected chi connectivity index (χ3v) is 5.91. The van der Waals surface area contributed by atoms with E-state index in [-0.39, 0.29) is 0 Å². The fourth-order valence-electron chi connectivity index (χ4n) is 4.25. The highest BCUT2D eigenvalue weighted by atomic mass is 16.3. The Morgan fingerprint density at radius 3 is 1.87 bits per heavy atom. The van der Waals surface area contributed by atoms with Crippen molar-refractivity contribution in [3.63, 3.8) is 0 Å². The average molecular weight is 411 g/mol. The van der Waals surface area contributed by atoms with E-state index in [0.29, 0.717) is 5.92 Å². The van der Waals surface area contributed by atoms with E-state index in [1.165, 1.54) is 16.7 Å². The fraction of sp³-hybridized carbons (Fsp3) is 0.250. The molecule has 3 aromatic carbocycles. The van der Waals surface area contributed by atoms with Gasteiger partial charge in [0.1, 0.15) is 0 Å². The molecule has 158 valence electrons. The van der Waals surface area contributed by atoms with Gasteiger partial charge in [0.05, 0.1) is 24.3 Å². The second-order valence-electron chi connectivity index (χ2n) is 8.11. The first-order valence-corrected chi connectivity index (χ1v) is 11.1. The third-order valence-electron chi connectivity index (χ3n) is 5.91. The number of aromatic nitrogens is 2. The first-order chi connectivity index (χ1) is 15.3. The van der Waals surface area contributed by atoms with Crippen molar-refractivity contribution in [3.05, 3.63) is 126 Å². The molecule has 0 aliphatic rings. The Kier molecular flexibility index (Phi) is 7.30. The summed E-state index contributed by atoms with van der Waals surface area (Å²) in [6, 6.07) is 31.8. The molecule has 4 aromatic rings. The number of hydrogen-bond donors (Lipinski definition) is 1. The molecule has 0 saturated carbocycles. The monoisotopic (exact) mass is 410 g/mol. The molecule has 4 rings (SSSR count). The number of imidazole rings is 1. The van der Waals surface area contributed by atoms with Crippen LogP contribution in [0.2, 0.25) is 0 Å². The molecular formula is C28H30N2O. The Bertz CT molecular complexity index is 989. The first kappa shape index (κ1) is 21.1. The minimum absolute atomic E-state index is 0.392. The van der Waals surface area contributed by atoms with Gasteiger partial charge < -0.3 is 9.67 Å². The summed E-state index contributed by atoms with van der Waals surface area (Å²) >= 11 is 0. The molecular weight excluding hydrogens is 380 g/mol. The van der Waals surface area contributed by atoms with Crippen LogP contribution in [0.15, 0.2) is 104 Å². The zero-order chi connectivity index (χ0) is 21.3. The summed E-state index contributed by atoms with van der Waals surface area (Å²) in [6.07, 6.45) is 6.99. The molecule has 1 aromatic heterocycles. The van der Waals surface area contributed by atoms with Gasteiger partial charge in [0.25, 0.3) is 0 Å². The van der Waals surface area contributed by atoms with Crippen molar-refractivity contribution < 1.29 is 5.11 Å². The lowest BCUT2D eigenvalue weighted by atomic mass is 9.86. The fourth-order valence-corrected chi connectivity index (χ4v) is 4.25. The average Bonchev–Trinajstić information content (AvgIpc) is 3.29. The van der Waals surface area contributed by atoms with Crippen molar-refractivity contribution in [2.24, 2.45) is 0 Å². The van der Waals surface area contributed by atoms with Crippen LogP contribution in [0.5, 0.6) is 0 Å². The largest absolute Gasteiger partial charge is 0.387 e. The van der Waals surface area contributed by atoms with Gasteiger partial charge in [-0.1, -0.05) is 104 Å². The molecule has 1 N–H and O–H groups in total. The lowest BCUT2D eigenvalue weighted by Crippen LogP contribution is -2.08. The number of benzene rings is 3. The van der Waals surface area contributed by atoms with E-state index >= 15 is 0 Å². The molecule has 0 radical (unpaired) electrons. The number of aliphatic hydroxyl groups is 1. The topological polar surface area (TPSA) is 38.1 Å². The highest BCUT2D eigenvalue weighted by molar-refractivity contribution is 5.32. The normalized spacial score (nSPS) is 12.2. The van der Waals surface area contributed by atoms with Gasteiger partial charge in [0, 0.05) is 12.5 Å². The van der Waals surface area contributed by atoms with Gasteiger partial charge in [0.15, 0.2) is 0 Å². The van der Waals surface area contributed by atoms with Crippen LogP contribution in [0.4, 0.5) is 0 Å². The summed E-state index contributed by atoms with van der Waals surface area (Å²) in [7, 11) is 0. The highest BCUT2D eigenvalue weighted by Gasteiger charge is 2.16. The zero-order valence-corrected chi connectivity index (χ0v) is 17.8. The third kappa shape index (κ3) is 5.71. The molecule has 0 aliphatic carbocycles. The Morgan fingerprint density at radius 2 is 1.26 bits per heavy atom. The van der Waals surface area contributed by atoms with Crippen molar-refractivity contribution in [1.82, 2.24) is 9.55 Å². The minimum atomic E-state index is -0.488. The quantitative estimate of drug-likeness (QED) is 0.309. The maximum absolute atomic E-state index is 10.8. The maximum Gasteiger partial charge on any atom is 0.0955 e. The zero-order valence-electron chi connectivity index (χ0n) is 17.8. The van der Waals surface area contributed by atoms with Gasteiger partial charge >= 0.3 is 0 Å². The van der Waals surface area contributed by atoms with Crippen LogP contribution in [0.3, 0.4) is 0 Å². The minimum Gasteiger partial charge on any atom is -0.387 e. The van der Waals surface area contributed by atoms with Gasteiger partial charge in [-0.2, -0.15) is 0 Å². The Labute approximate surface area is 185 Å². The molecule has 31 heavy (non-hydrogen) atoms. The van der Waals surface area contributed by atoms with Gasteiger partial charge in [-0.05, 0) is 29.5 Å². The van der Waals surface area contributed by atoms with E-state index in [0.717, 1.165) is 37.9 Å². The Hall–Kier alpha value is -3.17. The van der Waals surface area contributed by atoms with Crippen molar-refractivity contribution in [3.8, 4) is 0 Å². The standard InChI is InChI=1S/C28H30N2O/c31-28(27-20-29-22-30(27)21-23-12-4-1-5-13-23)19-11-10-18-26(24-14-6-2-7-15-24)25-16-8-3-9-17-25/h1-9,12-17,20,22,26,28,31H,10-11,18-19,21H2. The number of hydrogen-bond acceptors (Lipinski definition) is 2. The van der Waals surface area contributed by atoms with Gasteiger partial charge in [-0.15, -0.1) is 0 Å². The van der Waals surface area contributed by atoms with Crippen LogP contribution in [-0.4, -0.2) is 14.7 Å². The lowest BCUT2D eigenvalue weighted by Gasteiger charge is -2.19. The molecule has 0 bridgehead atoms. The van der Waals surface area contributed by atoms with E-state index in [1.807, 2.05) is 24.5 Å². The smallest absolute Gasteiger partial charge is 0.0955 e. The predicted molar refractivity (Wildman–Crippen MR) is 126 cm³/mol. The summed E-state index contributed by atoms with van der Waals surface area (Å²) in [5.41, 5.74) is 4.82. The maximum atomic E-state index is 10.8. The molecule has 0 aliphatic heterocycles. The number of nitrogens with zero attached hydrogens (tertiary/aromatic N) is 2. The number of aliphatic hydroxyl groups excluding tert-OH is 1. The highest BCUT2D eigenvalue weighted by Crippen LogP contribution is 2.30. The summed E-state index contributed by atoms with van der Waals surface area (Å²) in [6.45, 7) is 0.733. The molecule has 1 heterocycles. The number of unbranched alkanes of at least 4 members (excludes halogenated alkanes) is 1. The second kappa shape index (κ2) is 10.7. The molecule has 1 atom stereocenters. The van der Waals surface area contributed by atoms with E-state index in [4.69, 9.17) is 0 Å². The molecule has 3 heteroatoms. The van der Waals surface area contributed by atoms with Crippen LogP contribution < -0.4 is 0 Å². The molecule has 1 unspecified atom stereocenters. The van der Waals surface area contributed by atoms with E-state index in [9.17, 15) is 5.11 Å². The van der Waals surface area contributed by atoms with E-state index in [1.54, 1.807) is 6.20 Å². The van der Waals surface area contributed by atoms with Gasteiger partial charge in [-0.3, -0.25) is 0 Å². The molecule has 0 saturated heterocycles. The van der Waals surface area contributed by atoms with Crippen molar-refractivity contribution in [2.45, 2.75) is 44.2 Å². The van der Waals surface area contributed by atoms with Crippen LogP contribution in [0.25, 0.3) is 0 Å². The predicted octanol–water partition coefficient (Wildman–Crippen LogP) is 6.36. The van der Waals surface area contributed by atoms with Gasteiger partial charge in [0.2, 0.25) is 0 Å². The summed E-state index contributed by atoms with van der Waals surface area (Å²) in [5, 5.41) is 10.8. The summed E-state index contributed by atoms with van der Waals surface area (Å²) < 4.78 is 2.05. The SMILES string of the molecule is OC(CCCCC(c1ccccc1)c1ccccc1)c1cncn1Cc1ccccc1. The lowest BCUT2D eigenvalue weighted by molar-refractivity contribution is 0.154. The van der Waals surface area contributed by atoms with E-state index < -0.39 is 6.10 Å². The first-order valence-electron chi connectivity index (χ1n) is 11.1. The van der Waals surface area contributed by atoms with Crippen LogP contribution in [0.1, 0.15) is 60.1 Å². The summed E-state index contributed by atoms with van der Waals surface area (Å²) in [4.78, 5) is 4.28.